The summed E-state index contributed by atoms with van der Waals surface area (Å²) in [7, 11) is 0. The van der Waals surface area contributed by atoms with Crippen LogP contribution in [0.2, 0.25) is 10.0 Å². The molecule has 0 fully saturated rings. The van der Waals surface area contributed by atoms with Gasteiger partial charge < -0.3 is 9.88 Å². The molecule has 0 bridgehead atoms. The Labute approximate surface area is 147 Å². The summed E-state index contributed by atoms with van der Waals surface area (Å²) in [6.07, 6.45) is 3.13. The van der Waals surface area contributed by atoms with E-state index in [0.29, 0.717) is 5.02 Å². The molecule has 3 rings (SSSR count). The predicted molar refractivity (Wildman–Crippen MR) is 99.5 cm³/mol. The summed E-state index contributed by atoms with van der Waals surface area (Å²) in [5, 5.41) is 6.26. The Hall–Kier alpha value is -1.48. The first-order valence-corrected chi connectivity index (χ1v) is 8.66. The Morgan fingerprint density at radius 3 is 2.65 bits per heavy atom. The van der Waals surface area contributed by atoms with E-state index in [9.17, 15) is 0 Å². The number of nitrogens with one attached hydrogen (secondary N) is 1. The largest absolute Gasteiger partial charge is 0.347 e. The third-order valence-corrected chi connectivity index (χ3v) is 4.70. The highest BCUT2D eigenvalue weighted by Gasteiger charge is 2.07. The van der Waals surface area contributed by atoms with Crippen molar-refractivity contribution in [1.82, 2.24) is 9.88 Å². The van der Waals surface area contributed by atoms with Crippen LogP contribution in [0.3, 0.4) is 0 Å². The number of aromatic nitrogens is 1. The third kappa shape index (κ3) is 3.72. The number of benzene rings is 2. The first-order chi connectivity index (χ1) is 11.2. The normalized spacial score (nSPS) is 11.3. The van der Waals surface area contributed by atoms with Gasteiger partial charge in [0, 0.05) is 40.2 Å². The molecule has 0 unspecified atom stereocenters. The van der Waals surface area contributed by atoms with Gasteiger partial charge in [-0.3, -0.25) is 0 Å². The van der Waals surface area contributed by atoms with Crippen molar-refractivity contribution in [3.63, 3.8) is 0 Å². The maximum atomic E-state index is 6.21. The number of fused-ring (bicyclic) bond motifs is 1. The average molecular weight is 347 g/mol. The first kappa shape index (κ1) is 16.4. The SMILES string of the molecule is CCn1cc(CNCCc2ccc(Cl)cc2Cl)c2ccccc21. The molecule has 0 amide bonds. The summed E-state index contributed by atoms with van der Waals surface area (Å²) < 4.78 is 2.29. The van der Waals surface area contributed by atoms with Crippen molar-refractivity contribution in [3.05, 3.63) is 69.8 Å². The van der Waals surface area contributed by atoms with E-state index in [-0.39, 0.29) is 0 Å². The molecule has 2 aromatic carbocycles. The first-order valence-electron chi connectivity index (χ1n) is 7.90. The van der Waals surface area contributed by atoms with Crippen LogP contribution >= 0.6 is 23.2 Å². The maximum Gasteiger partial charge on any atom is 0.0483 e. The molecule has 0 aliphatic heterocycles. The number of rotatable bonds is 6. The second kappa shape index (κ2) is 7.39. The predicted octanol–water partition coefficient (Wildman–Crippen LogP) is 5.30. The second-order valence-electron chi connectivity index (χ2n) is 5.62. The maximum absolute atomic E-state index is 6.21. The average Bonchev–Trinajstić information content (AvgIpc) is 2.91. The van der Waals surface area contributed by atoms with Gasteiger partial charge in [-0.15, -0.1) is 0 Å². The highest BCUT2D eigenvalue weighted by atomic mass is 35.5. The van der Waals surface area contributed by atoms with Gasteiger partial charge in [0.05, 0.1) is 0 Å². The van der Waals surface area contributed by atoms with Gasteiger partial charge in [0.1, 0.15) is 0 Å². The van der Waals surface area contributed by atoms with E-state index in [4.69, 9.17) is 23.2 Å². The van der Waals surface area contributed by atoms with Crippen LogP contribution in [0.5, 0.6) is 0 Å². The van der Waals surface area contributed by atoms with Crippen molar-refractivity contribution in [3.8, 4) is 0 Å². The summed E-state index contributed by atoms with van der Waals surface area (Å²) in [5.74, 6) is 0. The molecule has 23 heavy (non-hydrogen) atoms. The van der Waals surface area contributed by atoms with Gasteiger partial charge in [-0.05, 0) is 49.2 Å². The molecule has 2 nitrogen and oxygen atoms in total. The minimum Gasteiger partial charge on any atom is -0.347 e. The smallest absolute Gasteiger partial charge is 0.0483 e. The molecule has 0 saturated heterocycles. The monoisotopic (exact) mass is 346 g/mol. The molecule has 1 heterocycles. The molecule has 0 radical (unpaired) electrons. The molecule has 0 spiro atoms. The number of hydrogen-bond acceptors (Lipinski definition) is 1. The molecule has 0 aliphatic rings. The van der Waals surface area contributed by atoms with Crippen molar-refractivity contribution < 1.29 is 0 Å². The molecular formula is C19H20Cl2N2. The Kier molecular flexibility index (Phi) is 5.27. The van der Waals surface area contributed by atoms with E-state index in [0.717, 1.165) is 36.6 Å². The van der Waals surface area contributed by atoms with Crippen LogP contribution in [-0.4, -0.2) is 11.1 Å². The molecule has 3 aromatic rings. The van der Waals surface area contributed by atoms with E-state index < -0.39 is 0 Å². The van der Waals surface area contributed by atoms with Gasteiger partial charge in [-0.25, -0.2) is 0 Å². The van der Waals surface area contributed by atoms with Crippen molar-refractivity contribution >= 4 is 34.1 Å². The molecule has 1 N–H and O–H groups in total. The van der Waals surface area contributed by atoms with Crippen LogP contribution in [0.15, 0.2) is 48.7 Å². The van der Waals surface area contributed by atoms with E-state index in [1.54, 1.807) is 6.07 Å². The molecule has 0 atom stereocenters. The Bertz CT molecular complexity index is 808. The lowest BCUT2D eigenvalue weighted by molar-refractivity contribution is 0.685. The van der Waals surface area contributed by atoms with Crippen molar-refractivity contribution in [1.29, 1.82) is 0 Å². The van der Waals surface area contributed by atoms with Gasteiger partial charge >= 0.3 is 0 Å². The lowest BCUT2D eigenvalue weighted by atomic mass is 10.1. The van der Waals surface area contributed by atoms with Crippen molar-refractivity contribution in [2.45, 2.75) is 26.4 Å². The lowest BCUT2D eigenvalue weighted by Crippen LogP contribution is -2.16. The number of hydrogen-bond donors (Lipinski definition) is 1. The van der Waals surface area contributed by atoms with Gasteiger partial charge in [-0.2, -0.15) is 0 Å². The van der Waals surface area contributed by atoms with E-state index in [1.165, 1.54) is 16.5 Å². The van der Waals surface area contributed by atoms with Gasteiger partial charge in [0.15, 0.2) is 0 Å². The highest BCUT2D eigenvalue weighted by molar-refractivity contribution is 6.35. The van der Waals surface area contributed by atoms with Crippen LogP contribution in [0, 0.1) is 0 Å². The van der Waals surface area contributed by atoms with Crippen LogP contribution in [-0.2, 0) is 19.5 Å². The van der Waals surface area contributed by atoms with Gasteiger partial charge in [-0.1, -0.05) is 47.5 Å². The minimum atomic E-state index is 0.680. The fourth-order valence-corrected chi connectivity index (χ4v) is 3.40. The second-order valence-corrected chi connectivity index (χ2v) is 6.46. The molecule has 4 heteroatoms. The van der Waals surface area contributed by atoms with Crippen LogP contribution < -0.4 is 5.32 Å². The summed E-state index contributed by atoms with van der Waals surface area (Å²) in [6, 6.07) is 14.2. The van der Waals surface area contributed by atoms with Gasteiger partial charge in [0.25, 0.3) is 0 Å². The van der Waals surface area contributed by atoms with E-state index in [1.807, 2.05) is 12.1 Å². The van der Waals surface area contributed by atoms with E-state index in [2.05, 4.69) is 47.3 Å². The number of para-hydroxylation sites is 1. The number of aryl methyl sites for hydroxylation is 1. The molecule has 0 saturated carbocycles. The molecule has 0 aliphatic carbocycles. The van der Waals surface area contributed by atoms with Crippen LogP contribution in [0.25, 0.3) is 10.9 Å². The number of halogens is 2. The number of nitrogens with zero attached hydrogens (tertiary/aromatic N) is 1. The zero-order valence-corrected chi connectivity index (χ0v) is 14.7. The molecule has 1 aromatic heterocycles. The Balaban J connectivity index is 1.63. The summed E-state index contributed by atoms with van der Waals surface area (Å²) >= 11 is 12.1. The Morgan fingerprint density at radius 1 is 1.04 bits per heavy atom. The third-order valence-electron chi connectivity index (χ3n) is 4.11. The molecule has 120 valence electrons. The summed E-state index contributed by atoms with van der Waals surface area (Å²) in [4.78, 5) is 0. The fourth-order valence-electron chi connectivity index (χ4n) is 2.90. The van der Waals surface area contributed by atoms with E-state index >= 15 is 0 Å². The summed E-state index contributed by atoms with van der Waals surface area (Å²) in [6.45, 7) is 4.90. The fraction of sp³-hybridized carbons (Fsp3) is 0.263. The molecular weight excluding hydrogens is 327 g/mol. The standard InChI is InChI=1S/C19H20Cl2N2/c1-2-23-13-15(17-5-3-4-6-19(17)23)12-22-10-9-14-7-8-16(20)11-18(14)21/h3-8,11,13,22H,2,9-10,12H2,1H3. The quantitative estimate of drug-likeness (QED) is 0.599. The van der Waals surface area contributed by atoms with Crippen molar-refractivity contribution in [2.75, 3.05) is 6.54 Å². The lowest BCUT2D eigenvalue weighted by Gasteiger charge is -2.06. The van der Waals surface area contributed by atoms with Gasteiger partial charge in [0.2, 0.25) is 0 Å². The Morgan fingerprint density at radius 2 is 1.87 bits per heavy atom. The van der Waals surface area contributed by atoms with Crippen molar-refractivity contribution in [2.24, 2.45) is 0 Å². The van der Waals surface area contributed by atoms with Crippen LogP contribution in [0.4, 0.5) is 0 Å². The van der Waals surface area contributed by atoms with Crippen LogP contribution in [0.1, 0.15) is 18.1 Å². The minimum absolute atomic E-state index is 0.680. The zero-order chi connectivity index (χ0) is 16.2. The zero-order valence-electron chi connectivity index (χ0n) is 13.2. The summed E-state index contributed by atoms with van der Waals surface area (Å²) in [5.41, 5.74) is 3.76. The highest BCUT2D eigenvalue weighted by Crippen LogP contribution is 2.22. The topological polar surface area (TPSA) is 17.0 Å².